The van der Waals surface area contributed by atoms with E-state index in [4.69, 9.17) is 4.74 Å². The van der Waals surface area contributed by atoms with Crippen molar-refractivity contribution in [1.29, 1.82) is 0 Å². The molecule has 0 spiro atoms. The van der Waals surface area contributed by atoms with Crippen LogP contribution in [0.5, 0.6) is 0 Å². The van der Waals surface area contributed by atoms with Gasteiger partial charge in [-0.05, 0) is 26.2 Å². The van der Waals surface area contributed by atoms with Gasteiger partial charge in [-0.15, -0.1) is 0 Å². The molecule has 5 heteroatoms. The van der Waals surface area contributed by atoms with Crippen LogP contribution in [0.15, 0.2) is 12.2 Å². The van der Waals surface area contributed by atoms with E-state index in [1.165, 1.54) is 6.92 Å². The molecule has 1 atom stereocenters. The Morgan fingerprint density at radius 1 is 1.17 bits per heavy atom. The van der Waals surface area contributed by atoms with Crippen molar-refractivity contribution in [2.45, 2.75) is 38.2 Å². The number of esters is 1. The van der Waals surface area contributed by atoms with Crippen LogP contribution in [0.25, 0.3) is 0 Å². The first-order valence-corrected chi connectivity index (χ1v) is 6.18. The van der Waals surface area contributed by atoms with Crippen molar-refractivity contribution in [2.75, 3.05) is 19.8 Å². The van der Waals surface area contributed by atoms with Crippen LogP contribution in [0, 0.1) is 5.41 Å². The number of aliphatic hydroxyl groups is 3. The zero-order valence-corrected chi connectivity index (χ0v) is 10.8. The molecule has 104 valence electrons. The summed E-state index contributed by atoms with van der Waals surface area (Å²) in [4.78, 5) is 11.7. The third kappa shape index (κ3) is 2.43. The Morgan fingerprint density at radius 2 is 1.72 bits per heavy atom. The summed E-state index contributed by atoms with van der Waals surface area (Å²) in [5.74, 6) is -0.600. The largest absolute Gasteiger partial charge is 0.452 e. The van der Waals surface area contributed by atoms with E-state index in [9.17, 15) is 20.1 Å². The van der Waals surface area contributed by atoms with Crippen molar-refractivity contribution in [3.05, 3.63) is 12.2 Å². The molecule has 0 radical (unpaired) electrons. The van der Waals surface area contributed by atoms with Crippen LogP contribution >= 0.6 is 0 Å². The van der Waals surface area contributed by atoms with Crippen LogP contribution < -0.4 is 0 Å². The maximum Gasteiger partial charge on any atom is 0.333 e. The highest BCUT2D eigenvalue weighted by molar-refractivity contribution is 5.87. The van der Waals surface area contributed by atoms with Gasteiger partial charge in [0.15, 0.2) is 0 Å². The molecule has 1 rings (SSSR count). The molecule has 1 aliphatic rings. The summed E-state index contributed by atoms with van der Waals surface area (Å²) < 4.78 is 5.38. The number of aliphatic hydroxyl groups excluding tert-OH is 3. The first kappa shape index (κ1) is 15.1. The third-order valence-corrected chi connectivity index (χ3v) is 3.95. The highest BCUT2D eigenvalue weighted by Gasteiger charge is 2.55. The van der Waals surface area contributed by atoms with Gasteiger partial charge >= 0.3 is 5.97 Å². The fourth-order valence-corrected chi connectivity index (χ4v) is 2.57. The van der Waals surface area contributed by atoms with E-state index >= 15 is 0 Å². The summed E-state index contributed by atoms with van der Waals surface area (Å²) in [6.45, 7) is 3.97. The van der Waals surface area contributed by atoms with Crippen LogP contribution in [0.3, 0.4) is 0 Å². The lowest BCUT2D eigenvalue weighted by molar-refractivity contribution is -0.208. The fourth-order valence-electron chi connectivity index (χ4n) is 2.57. The third-order valence-electron chi connectivity index (χ3n) is 3.95. The molecule has 0 aromatic carbocycles. The predicted molar refractivity (Wildman–Crippen MR) is 65.8 cm³/mol. The second-order valence-electron chi connectivity index (χ2n) is 5.13. The Balaban J connectivity index is 3.07. The highest BCUT2D eigenvalue weighted by atomic mass is 16.6. The first-order chi connectivity index (χ1) is 8.47. The second-order valence-corrected chi connectivity index (χ2v) is 5.13. The van der Waals surface area contributed by atoms with Gasteiger partial charge in [0, 0.05) is 5.57 Å². The summed E-state index contributed by atoms with van der Waals surface area (Å²) in [5.41, 5.74) is -1.96. The first-order valence-electron chi connectivity index (χ1n) is 6.18. The molecule has 0 saturated heterocycles. The molecule has 1 aliphatic carbocycles. The normalized spacial score (nSPS) is 26.7. The van der Waals surface area contributed by atoms with Gasteiger partial charge in [-0.2, -0.15) is 0 Å². The number of hydrogen-bond acceptors (Lipinski definition) is 5. The van der Waals surface area contributed by atoms with Crippen molar-refractivity contribution in [1.82, 2.24) is 0 Å². The van der Waals surface area contributed by atoms with Gasteiger partial charge in [-0.3, -0.25) is 0 Å². The van der Waals surface area contributed by atoms with Gasteiger partial charge in [0.2, 0.25) is 0 Å². The maximum atomic E-state index is 11.7. The summed E-state index contributed by atoms with van der Waals surface area (Å²) in [6.07, 6.45) is 2.56. The highest BCUT2D eigenvalue weighted by Crippen LogP contribution is 2.46. The van der Waals surface area contributed by atoms with E-state index in [0.717, 1.165) is 12.8 Å². The van der Waals surface area contributed by atoms with Crippen molar-refractivity contribution < 1.29 is 24.9 Å². The van der Waals surface area contributed by atoms with E-state index in [1.807, 2.05) is 0 Å². The Bertz CT molecular complexity index is 321. The minimum Gasteiger partial charge on any atom is -0.452 e. The zero-order valence-electron chi connectivity index (χ0n) is 10.8. The zero-order chi connectivity index (χ0) is 13.8. The number of carbonyl (C=O) groups is 1. The molecule has 0 aromatic rings. The Labute approximate surface area is 107 Å². The minimum absolute atomic E-state index is 0.234. The van der Waals surface area contributed by atoms with Gasteiger partial charge in [0.05, 0.1) is 25.2 Å². The van der Waals surface area contributed by atoms with Gasteiger partial charge in [-0.1, -0.05) is 13.0 Å². The molecule has 3 N–H and O–H groups in total. The summed E-state index contributed by atoms with van der Waals surface area (Å²) in [5, 5.41) is 28.8. The smallest absolute Gasteiger partial charge is 0.333 e. The Morgan fingerprint density at radius 3 is 2.17 bits per heavy atom. The van der Waals surface area contributed by atoms with Crippen molar-refractivity contribution in [3.63, 3.8) is 0 Å². The number of ether oxygens (including phenoxy) is 1. The van der Waals surface area contributed by atoms with E-state index in [-0.39, 0.29) is 18.8 Å². The lowest BCUT2D eigenvalue weighted by Crippen LogP contribution is -2.59. The molecule has 0 amide bonds. The Kier molecular flexibility index (Phi) is 4.90. The van der Waals surface area contributed by atoms with Gasteiger partial charge in [0.25, 0.3) is 0 Å². The number of rotatable bonds is 5. The standard InChI is InChI=1S/C13H22O5/c1-10(2)11(17)18-13(9-16)6-4-3-5-12(13,7-14)8-15/h14-16H,1,3-9H2,2H3. The van der Waals surface area contributed by atoms with Crippen LogP contribution in [-0.4, -0.2) is 46.7 Å². The van der Waals surface area contributed by atoms with E-state index in [1.54, 1.807) is 0 Å². The molecule has 0 heterocycles. The van der Waals surface area contributed by atoms with Crippen LogP contribution in [0.2, 0.25) is 0 Å². The molecule has 0 bridgehead atoms. The number of hydrogen-bond donors (Lipinski definition) is 3. The molecule has 1 unspecified atom stereocenters. The molecular formula is C13H22O5. The average Bonchev–Trinajstić information content (AvgIpc) is 2.39. The molecule has 1 saturated carbocycles. The quantitative estimate of drug-likeness (QED) is 0.490. The van der Waals surface area contributed by atoms with Crippen molar-refractivity contribution in [3.8, 4) is 0 Å². The monoisotopic (exact) mass is 258 g/mol. The fraction of sp³-hybridized carbons (Fsp3) is 0.769. The van der Waals surface area contributed by atoms with Gasteiger partial charge < -0.3 is 20.1 Å². The molecule has 1 fully saturated rings. The summed E-state index contributed by atoms with van der Waals surface area (Å²) in [7, 11) is 0. The molecular weight excluding hydrogens is 236 g/mol. The van der Waals surface area contributed by atoms with E-state index in [2.05, 4.69) is 6.58 Å². The van der Waals surface area contributed by atoms with Gasteiger partial charge in [0.1, 0.15) is 5.60 Å². The van der Waals surface area contributed by atoms with Crippen molar-refractivity contribution >= 4 is 5.97 Å². The predicted octanol–water partition coefficient (Wildman–Crippen LogP) is 0.382. The van der Waals surface area contributed by atoms with Gasteiger partial charge in [-0.25, -0.2) is 4.79 Å². The van der Waals surface area contributed by atoms with Crippen LogP contribution in [0.1, 0.15) is 32.6 Å². The van der Waals surface area contributed by atoms with Crippen LogP contribution in [-0.2, 0) is 9.53 Å². The molecule has 0 aliphatic heterocycles. The van der Waals surface area contributed by atoms with E-state index in [0.29, 0.717) is 12.8 Å². The molecule has 5 nitrogen and oxygen atoms in total. The Hall–Kier alpha value is -0.910. The maximum absolute atomic E-state index is 11.7. The summed E-state index contributed by atoms with van der Waals surface area (Å²) >= 11 is 0. The second kappa shape index (κ2) is 5.82. The average molecular weight is 258 g/mol. The molecule has 0 aromatic heterocycles. The number of carbonyl (C=O) groups excluding carboxylic acids is 1. The lowest BCUT2D eigenvalue weighted by atomic mass is 9.64. The minimum atomic E-state index is -1.22. The topological polar surface area (TPSA) is 87.0 Å². The van der Waals surface area contributed by atoms with E-state index < -0.39 is 23.6 Å². The van der Waals surface area contributed by atoms with Crippen molar-refractivity contribution in [2.24, 2.45) is 5.41 Å². The molecule has 18 heavy (non-hydrogen) atoms. The summed E-state index contributed by atoms with van der Waals surface area (Å²) in [6, 6.07) is 0. The lowest BCUT2D eigenvalue weighted by Gasteiger charge is -2.50. The SMILES string of the molecule is C=C(C)C(=O)OC1(CO)CCCCC1(CO)CO. The van der Waals surface area contributed by atoms with Crippen LogP contribution in [0.4, 0.5) is 0 Å².